The van der Waals surface area contributed by atoms with Gasteiger partial charge in [0.15, 0.2) is 0 Å². The average Bonchev–Trinajstić information content (AvgIpc) is 2.61. The van der Waals surface area contributed by atoms with Crippen LogP contribution in [0.15, 0.2) is 18.2 Å². The highest BCUT2D eigenvalue weighted by Crippen LogP contribution is 2.36. The third kappa shape index (κ3) is 4.50. The molecule has 2 aliphatic rings. The van der Waals surface area contributed by atoms with Crippen molar-refractivity contribution in [3.05, 3.63) is 23.8 Å². The number of alkyl halides is 3. The van der Waals surface area contributed by atoms with Crippen molar-refractivity contribution in [1.82, 2.24) is 5.32 Å². The van der Waals surface area contributed by atoms with E-state index in [1.165, 1.54) is 6.07 Å². The number of amides is 1. The number of rotatable bonds is 3. The van der Waals surface area contributed by atoms with Crippen molar-refractivity contribution in [2.75, 3.05) is 29.9 Å². The first-order chi connectivity index (χ1) is 12.3. The first-order valence-electron chi connectivity index (χ1n) is 9.35. The van der Waals surface area contributed by atoms with Crippen LogP contribution in [0, 0.1) is 5.92 Å². The van der Waals surface area contributed by atoms with Crippen LogP contribution in [0.2, 0.25) is 0 Å². The minimum absolute atomic E-state index is 0.171. The highest BCUT2D eigenvalue weighted by molar-refractivity contribution is 5.96. The third-order valence-corrected chi connectivity index (χ3v) is 5.27. The molecule has 26 heavy (non-hydrogen) atoms. The lowest BCUT2D eigenvalue weighted by Gasteiger charge is -2.32. The van der Waals surface area contributed by atoms with Crippen LogP contribution in [-0.2, 0) is 11.0 Å². The second kappa shape index (κ2) is 7.86. The summed E-state index contributed by atoms with van der Waals surface area (Å²) in [6.45, 7) is 4.38. The number of benzene rings is 1. The molecule has 4 nitrogen and oxygen atoms in total. The van der Waals surface area contributed by atoms with Crippen molar-refractivity contribution in [2.45, 2.75) is 51.2 Å². The van der Waals surface area contributed by atoms with Crippen LogP contribution in [0.5, 0.6) is 0 Å². The van der Waals surface area contributed by atoms with E-state index in [0.29, 0.717) is 18.5 Å². The Hall–Kier alpha value is -1.76. The molecule has 0 saturated carbocycles. The molecular formula is C19H26F3N3O. The van der Waals surface area contributed by atoms with E-state index in [-0.39, 0.29) is 23.6 Å². The maximum absolute atomic E-state index is 13.2. The smallest absolute Gasteiger partial charge is 0.370 e. The molecule has 0 aliphatic carbocycles. The molecule has 7 heteroatoms. The van der Waals surface area contributed by atoms with Gasteiger partial charge in [0.05, 0.1) is 16.9 Å². The Labute approximate surface area is 152 Å². The summed E-state index contributed by atoms with van der Waals surface area (Å²) >= 11 is 0. The first-order valence-corrected chi connectivity index (χ1v) is 9.35. The van der Waals surface area contributed by atoms with Gasteiger partial charge >= 0.3 is 6.18 Å². The van der Waals surface area contributed by atoms with Gasteiger partial charge in [-0.05, 0) is 63.8 Å². The molecule has 2 atom stereocenters. The minimum Gasteiger partial charge on any atom is -0.370 e. The number of nitrogens with one attached hydrogen (secondary N) is 2. The fraction of sp³-hybridized carbons (Fsp3) is 0.632. The van der Waals surface area contributed by atoms with Crippen molar-refractivity contribution in [3.8, 4) is 0 Å². The number of hydrogen-bond acceptors (Lipinski definition) is 3. The van der Waals surface area contributed by atoms with Gasteiger partial charge < -0.3 is 15.5 Å². The molecule has 2 N–H and O–H groups in total. The molecule has 2 aliphatic heterocycles. The van der Waals surface area contributed by atoms with Gasteiger partial charge in [0, 0.05) is 25.0 Å². The van der Waals surface area contributed by atoms with E-state index in [0.717, 1.165) is 51.0 Å². The molecule has 0 spiro atoms. The number of halogens is 3. The Bertz CT molecular complexity index is 641. The molecule has 2 heterocycles. The first kappa shape index (κ1) is 19.0. The van der Waals surface area contributed by atoms with Crippen LogP contribution in [0.4, 0.5) is 24.5 Å². The molecule has 144 valence electrons. The third-order valence-electron chi connectivity index (χ3n) is 5.27. The molecule has 0 aromatic heterocycles. The standard InChI is InChI=1S/C19H26F3N3O/c1-13-11-14(7-8-23-13)18(26)24-16-12-15(19(20,21)22)5-6-17(16)25-9-3-2-4-10-25/h5-6,12-14,23H,2-4,7-11H2,1H3,(H,24,26)/t13-,14-/m0/s1. The monoisotopic (exact) mass is 369 g/mol. The average molecular weight is 369 g/mol. The molecule has 2 fully saturated rings. The van der Waals surface area contributed by atoms with Crippen LogP contribution in [0.3, 0.4) is 0 Å². The largest absolute Gasteiger partial charge is 0.416 e. The van der Waals surface area contributed by atoms with Crippen LogP contribution in [0.1, 0.15) is 44.6 Å². The molecule has 1 aromatic carbocycles. The maximum atomic E-state index is 13.2. The van der Waals surface area contributed by atoms with E-state index in [9.17, 15) is 18.0 Å². The highest BCUT2D eigenvalue weighted by Gasteiger charge is 2.32. The molecule has 1 amide bonds. The van der Waals surface area contributed by atoms with Crippen LogP contribution < -0.4 is 15.5 Å². The fourth-order valence-electron chi connectivity index (χ4n) is 3.83. The second-order valence-corrected chi connectivity index (χ2v) is 7.34. The van der Waals surface area contributed by atoms with E-state index in [1.54, 1.807) is 0 Å². The van der Waals surface area contributed by atoms with Gasteiger partial charge in [0.25, 0.3) is 0 Å². The van der Waals surface area contributed by atoms with Gasteiger partial charge in [-0.15, -0.1) is 0 Å². The zero-order chi connectivity index (χ0) is 18.7. The Kier molecular flexibility index (Phi) is 5.75. The number of nitrogens with zero attached hydrogens (tertiary/aromatic N) is 1. The lowest BCUT2D eigenvalue weighted by molar-refractivity contribution is -0.137. The number of piperidine rings is 2. The highest BCUT2D eigenvalue weighted by atomic mass is 19.4. The van der Waals surface area contributed by atoms with Crippen LogP contribution >= 0.6 is 0 Å². The molecule has 0 bridgehead atoms. The quantitative estimate of drug-likeness (QED) is 0.846. The van der Waals surface area contributed by atoms with Gasteiger partial charge in [-0.3, -0.25) is 4.79 Å². The topological polar surface area (TPSA) is 44.4 Å². The maximum Gasteiger partial charge on any atom is 0.416 e. The van der Waals surface area contributed by atoms with Gasteiger partial charge in [0.2, 0.25) is 5.91 Å². The predicted molar refractivity (Wildman–Crippen MR) is 96.3 cm³/mol. The summed E-state index contributed by atoms with van der Waals surface area (Å²) in [4.78, 5) is 14.7. The Morgan fingerprint density at radius 3 is 2.62 bits per heavy atom. The molecule has 0 radical (unpaired) electrons. The lowest BCUT2D eigenvalue weighted by atomic mass is 9.92. The molecule has 2 saturated heterocycles. The van der Waals surface area contributed by atoms with Crippen LogP contribution in [0.25, 0.3) is 0 Å². The van der Waals surface area contributed by atoms with Gasteiger partial charge in [-0.2, -0.15) is 13.2 Å². The van der Waals surface area contributed by atoms with Crippen molar-refractivity contribution < 1.29 is 18.0 Å². The van der Waals surface area contributed by atoms with Gasteiger partial charge in [0.1, 0.15) is 0 Å². The number of hydrogen-bond donors (Lipinski definition) is 2. The van der Waals surface area contributed by atoms with E-state index >= 15 is 0 Å². The summed E-state index contributed by atoms with van der Waals surface area (Å²) < 4.78 is 39.5. The summed E-state index contributed by atoms with van der Waals surface area (Å²) in [5.41, 5.74) is 0.234. The predicted octanol–water partition coefficient (Wildman–Crippen LogP) is 4.02. The number of carbonyl (C=O) groups excluding carboxylic acids is 1. The second-order valence-electron chi connectivity index (χ2n) is 7.34. The summed E-state index contributed by atoms with van der Waals surface area (Å²) in [7, 11) is 0. The Morgan fingerprint density at radius 2 is 1.96 bits per heavy atom. The summed E-state index contributed by atoms with van der Waals surface area (Å²) in [5.74, 6) is -0.356. The van der Waals surface area contributed by atoms with E-state index in [4.69, 9.17) is 0 Å². The van der Waals surface area contributed by atoms with E-state index < -0.39 is 11.7 Å². The summed E-state index contributed by atoms with van der Waals surface area (Å²) in [6.07, 6.45) is 0.132. The number of anilines is 2. The molecule has 0 unspecified atom stereocenters. The van der Waals surface area contributed by atoms with Gasteiger partial charge in [-0.25, -0.2) is 0 Å². The molecule has 1 aromatic rings. The Morgan fingerprint density at radius 1 is 1.23 bits per heavy atom. The Balaban J connectivity index is 1.85. The molecule has 3 rings (SSSR count). The van der Waals surface area contributed by atoms with E-state index in [2.05, 4.69) is 15.5 Å². The SMILES string of the molecule is C[C@H]1C[C@@H](C(=O)Nc2cc(C(F)(F)F)ccc2N2CCCCC2)CCN1. The zero-order valence-electron chi connectivity index (χ0n) is 15.0. The normalized spacial score (nSPS) is 24.4. The zero-order valence-corrected chi connectivity index (χ0v) is 15.0. The van der Waals surface area contributed by atoms with Crippen molar-refractivity contribution in [2.24, 2.45) is 5.92 Å². The fourth-order valence-corrected chi connectivity index (χ4v) is 3.83. The van der Waals surface area contributed by atoms with Crippen molar-refractivity contribution in [1.29, 1.82) is 0 Å². The summed E-state index contributed by atoms with van der Waals surface area (Å²) in [5, 5.41) is 6.09. The van der Waals surface area contributed by atoms with Gasteiger partial charge in [-0.1, -0.05) is 0 Å². The van der Waals surface area contributed by atoms with Crippen molar-refractivity contribution >= 4 is 17.3 Å². The number of carbonyl (C=O) groups is 1. The van der Waals surface area contributed by atoms with E-state index in [1.807, 2.05) is 6.92 Å². The molecular weight excluding hydrogens is 343 g/mol. The lowest BCUT2D eigenvalue weighted by Crippen LogP contribution is -2.40. The summed E-state index contributed by atoms with van der Waals surface area (Å²) in [6, 6.07) is 3.91. The minimum atomic E-state index is -4.43. The van der Waals surface area contributed by atoms with Crippen LogP contribution in [-0.4, -0.2) is 31.6 Å². The van der Waals surface area contributed by atoms with Crippen molar-refractivity contribution in [3.63, 3.8) is 0 Å².